The number of hydrogen-bond donors (Lipinski definition) is 1. The molecular formula is C21H31BrFN3O4. The first kappa shape index (κ1) is 23.2. The number of nitrogens with zero attached hydrogens (tertiary/aromatic N) is 3. The molecule has 2 atom stereocenters. The molecule has 0 spiro atoms. The number of benzene rings is 1. The fraction of sp³-hybridized carbons (Fsp3) is 0.667. The van der Waals surface area contributed by atoms with E-state index in [4.69, 9.17) is 9.47 Å². The van der Waals surface area contributed by atoms with Crippen molar-refractivity contribution in [1.82, 2.24) is 14.7 Å². The summed E-state index contributed by atoms with van der Waals surface area (Å²) >= 11 is 3.24. The van der Waals surface area contributed by atoms with Gasteiger partial charge in [0.2, 0.25) is 0 Å². The van der Waals surface area contributed by atoms with Crippen molar-refractivity contribution in [3.8, 4) is 5.75 Å². The van der Waals surface area contributed by atoms with Gasteiger partial charge in [-0.1, -0.05) is 15.9 Å². The van der Waals surface area contributed by atoms with Gasteiger partial charge >= 0.3 is 6.09 Å². The second kappa shape index (κ2) is 9.80. The van der Waals surface area contributed by atoms with Crippen molar-refractivity contribution in [2.75, 3.05) is 52.4 Å². The highest BCUT2D eigenvalue weighted by Gasteiger charge is 2.35. The number of carboxylic acid groups (broad SMARTS) is 1. The van der Waals surface area contributed by atoms with Crippen LogP contribution in [-0.4, -0.2) is 96.1 Å². The van der Waals surface area contributed by atoms with Crippen LogP contribution in [0, 0.1) is 5.82 Å². The van der Waals surface area contributed by atoms with Crippen molar-refractivity contribution in [1.29, 1.82) is 0 Å². The van der Waals surface area contributed by atoms with Gasteiger partial charge in [0, 0.05) is 55.8 Å². The van der Waals surface area contributed by atoms with Gasteiger partial charge in [0.1, 0.15) is 6.61 Å². The fourth-order valence-electron chi connectivity index (χ4n) is 4.06. The van der Waals surface area contributed by atoms with E-state index in [9.17, 15) is 14.3 Å². The third-order valence-corrected chi connectivity index (χ3v) is 5.96. The zero-order chi connectivity index (χ0) is 21.9. The molecule has 0 aromatic heterocycles. The van der Waals surface area contributed by atoms with Gasteiger partial charge in [-0.15, -0.1) is 0 Å². The van der Waals surface area contributed by atoms with Crippen LogP contribution < -0.4 is 4.74 Å². The molecular weight excluding hydrogens is 457 g/mol. The number of fused-ring (bicyclic) bond motifs is 2. The van der Waals surface area contributed by atoms with Crippen molar-refractivity contribution in [2.45, 2.75) is 38.5 Å². The molecule has 1 aromatic rings. The normalized spacial score (nSPS) is 22.7. The number of hydrogen-bond acceptors (Lipinski definition) is 5. The lowest BCUT2D eigenvalue weighted by atomic mass is 10.1. The third kappa shape index (κ3) is 6.29. The molecule has 2 saturated heterocycles. The number of amides is 1. The Morgan fingerprint density at radius 1 is 1.23 bits per heavy atom. The number of carbonyl (C=O) groups is 1. The van der Waals surface area contributed by atoms with Crippen LogP contribution in [0.5, 0.6) is 5.75 Å². The smallest absolute Gasteiger partial charge is 0.407 e. The van der Waals surface area contributed by atoms with Crippen LogP contribution in [0.25, 0.3) is 0 Å². The van der Waals surface area contributed by atoms with Crippen molar-refractivity contribution in [2.24, 2.45) is 0 Å². The summed E-state index contributed by atoms with van der Waals surface area (Å²) in [4.78, 5) is 17.6. The summed E-state index contributed by atoms with van der Waals surface area (Å²) in [6, 6.07) is 4.79. The summed E-state index contributed by atoms with van der Waals surface area (Å²) in [5, 5.41) is 9.47. The van der Waals surface area contributed by atoms with Gasteiger partial charge in [-0.05, 0) is 39.0 Å². The van der Waals surface area contributed by atoms with E-state index < -0.39 is 11.6 Å². The van der Waals surface area contributed by atoms with Gasteiger partial charge in [0.15, 0.2) is 11.6 Å². The summed E-state index contributed by atoms with van der Waals surface area (Å²) in [7, 11) is 0. The molecule has 1 amide bonds. The molecule has 2 bridgehead atoms. The zero-order valence-corrected chi connectivity index (χ0v) is 19.4. The molecule has 30 heavy (non-hydrogen) atoms. The summed E-state index contributed by atoms with van der Waals surface area (Å²) in [6.07, 6.45) is -0.700. The topological polar surface area (TPSA) is 65.5 Å². The van der Waals surface area contributed by atoms with Crippen molar-refractivity contribution < 1.29 is 23.8 Å². The van der Waals surface area contributed by atoms with E-state index >= 15 is 0 Å². The van der Waals surface area contributed by atoms with Crippen LogP contribution in [-0.2, 0) is 4.74 Å². The highest BCUT2D eigenvalue weighted by molar-refractivity contribution is 9.10. The predicted octanol–water partition coefficient (Wildman–Crippen LogP) is 3.13. The van der Waals surface area contributed by atoms with Crippen molar-refractivity contribution >= 4 is 22.0 Å². The molecule has 9 heteroatoms. The van der Waals surface area contributed by atoms with Crippen LogP contribution in [0.2, 0.25) is 0 Å². The van der Waals surface area contributed by atoms with E-state index in [0.29, 0.717) is 30.7 Å². The van der Waals surface area contributed by atoms with E-state index in [0.717, 1.165) is 26.2 Å². The lowest BCUT2D eigenvalue weighted by Gasteiger charge is -2.46. The Labute approximate surface area is 185 Å². The molecule has 0 radical (unpaired) electrons. The predicted molar refractivity (Wildman–Crippen MR) is 116 cm³/mol. The Hall–Kier alpha value is -1.42. The van der Waals surface area contributed by atoms with E-state index in [1.165, 1.54) is 11.0 Å². The average Bonchev–Trinajstić information content (AvgIpc) is 2.61. The van der Waals surface area contributed by atoms with Gasteiger partial charge < -0.3 is 19.5 Å². The van der Waals surface area contributed by atoms with Crippen molar-refractivity contribution in [3.05, 3.63) is 28.5 Å². The van der Waals surface area contributed by atoms with Crippen LogP contribution in [0.1, 0.15) is 20.8 Å². The third-order valence-electron chi connectivity index (χ3n) is 5.47. The van der Waals surface area contributed by atoms with Gasteiger partial charge in [0.25, 0.3) is 0 Å². The molecule has 2 fully saturated rings. The van der Waals surface area contributed by atoms with Crippen LogP contribution in [0.4, 0.5) is 9.18 Å². The first-order chi connectivity index (χ1) is 14.1. The Balaban J connectivity index is 1.44. The Morgan fingerprint density at radius 3 is 2.37 bits per heavy atom. The Kier molecular flexibility index (Phi) is 7.60. The molecule has 2 aliphatic heterocycles. The molecule has 1 aromatic carbocycles. The summed E-state index contributed by atoms with van der Waals surface area (Å²) in [5.74, 6) is -0.107. The van der Waals surface area contributed by atoms with Gasteiger partial charge in [-0.2, -0.15) is 0 Å². The van der Waals surface area contributed by atoms with E-state index in [1.807, 2.05) is 20.8 Å². The van der Waals surface area contributed by atoms with E-state index in [2.05, 4.69) is 25.7 Å². The maximum atomic E-state index is 13.9. The fourth-order valence-corrected chi connectivity index (χ4v) is 4.40. The standard InChI is InChI=1S/C21H31BrFN3O4/c1-21(2,3)26(20(27)28)7-6-24-11-16-13-25(14-17(12-24)30-16)8-9-29-19-5-4-15(22)10-18(19)23/h4-5,10,16-17H,6-9,11-14H2,1-3H3,(H,27,28). The summed E-state index contributed by atoms with van der Waals surface area (Å²) < 4.78 is 26.2. The van der Waals surface area contributed by atoms with Crippen LogP contribution in [0.15, 0.2) is 22.7 Å². The quantitative estimate of drug-likeness (QED) is 0.637. The first-order valence-corrected chi connectivity index (χ1v) is 11.1. The molecule has 2 unspecified atom stereocenters. The maximum absolute atomic E-state index is 13.9. The van der Waals surface area contributed by atoms with E-state index in [-0.39, 0.29) is 23.8 Å². The molecule has 168 valence electrons. The summed E-state index contributed by atoms with van der Waals surface area (Å²) in [6.45, 7) is 11.2. The minimum absolute atomic E-state index is 0.0924. The molecule has 3 rings (SSSR count). The second-order valence-electron chi connectivity index (χ2n) is 8.93. The van der Waals surface area contributed by atoms with Crippen LogP contribution in [0.3, 0.4) is 0 Å². The van der Waals surface area contributed by atoms with Gasteiger partial charge in [0.05, 0.1) is 12.2 Å². The maximum Gasteiger partial charge on any atom is 0.407 e. The molecule has 0 saturated carbocycles. The highest BCUT2D eigenvalue weighted by atomic mass is 79.9. The zero-order valence-electron chi connectivity index (χ0n) is 17.8. The van der Waals surface area contributed by atoms with Gasteiger partial charge in [-0.3, -0.25) is 9.80 Å². The molecule has 2 heterocycles. The Morgan fingerprint density at radius 2 is 1.83 bits per heavy atom. The summed E-state index contributed by atoms with van der Waals surface area (Å²) in [5.41, 5.74) is -0.418. The minimum Gasteiger partial charge on any atom is -0.489 e. The van der Waals surface area contributed by atoms with E-state index in [1.54, 1.807) is 12.1 Å². The lowest BCUT2D eigenvalue weighted by Crippen LogP contribution is -2.61. The number of halogens is 2. The number of rotatable bonds is 7. The second-order valence-corrected chi connectivity index (χ2v) is 9.84. The van der Waals surface area contributed by atoms with Gasteiger partial charge in [-0.25, -0.2) is 9.18 Å². The number of ether oxygens (including phenoxy) is 2. The minimum atomic E-state index is -0.885. The lowest BCUT2D eigenvalue weighted by molar-refractivity contribution is -0.140. The number of morpholine rings is 2. The van der Waals surface area contributed by atoms with Crippen molar-refractivity contribution in [3.63, 3.8) is 0 Å². The highest BCUT2D eigenvalue weighted by Crippen LogP contribution is 2.23. The largest absolute Gasteiger partial charge is 0.489 e. The first-order valence-electron chi connectivity index (χ1n) is 10.3. The molecule has 0 aliphatic carbocycles. The SMILES string of the molecule is CC(C)(C)N(CCN1CC2CN(CCOc3ccc(Br)cc3F)CC(C1)O2)C(=O)O. The molecule has 1 N–H and O–H groups in total. The molecule has 7 nitrogen and oxygen atoms in total. The molecule has 2 aliphatic rings. The average molecular weight is 488 g/mol. The van der Waals surface area contributed by atoms with Crippen LogP contribution >= 0.6 is 15.9 Å². The Bertz CT molecular complexity index is 731. The monoisotopic (exact) mass is 487 g/mol.